The van der Waals surface area contributed by atoms with Crippen LogP contribution in [0.5, 0.6) is 0 Å². The van der Waals surface area contributed by atoms with E-state index in [1.165, 1.54) is 36.4 Å². The van der Waals surface area contributed by atoms with Crippen molar-refractivity contribution >= 4 is 43.5 Å². The van der Waals surface area contributed by atoms with Crippen LogP contribution in [0.1, 0.15) is 19.2 Å². The molecule has 0 atom stereocenters. The summed E-state index contributed by atoms with van der Waals surface area (Å²) in [7, 11) is 0. The smallest absolute Gasteiger partial charge is 0.136 e. The topological polar surface area (TPSA) is 13.1 Å². The third-order valence-corrected chi connectivity index (χ3v) is 5.71. The minimum Gasteiger partial charge on any atom is -0.456 e. The van der Waals surface area contributed by atoms with E-state index in [4.69, 9.17) is 22.2 Å². The Morgan fingerprint density at radius 3 is 1.64 bits per heavy atom. The SMILES string of the molecule is [2H]c1cc2c(-c3cc([2H])c([2H])c([2H])c3)c3cc([2H])c([2H])cc3c(-c3c([2H])c([2H])c4c(oc5c([2H])c([2H])c([2H])c([2H])c54)c3[2H])c2cc1[2H]. The van der Waals surface area contributed by atoms with Crippen LogP contribution in [0.15, 0.2) is 125 Å². The first kappa shape index (κ1) is 9.25. The van der Waals surface area contributed by atoms with Gasteiger partial charge in [-0.25, -0.2) is 0 Å². The van der Waals surface area contributed by atoms with Crippen molar-refractivity contribution in [1.82, 2.24) is 0 Å². The summed E-state index contributed by atoms with van der Waals surface area (Å²) >= 11 is 0. The molecule has 154 valence electrons. The van der Waals surface area contributed by atoms with E-state index in [9.17, 15) is 1.37 Å². The average molecular weight is 435 g/mol. The highest BCUT2D eigenvalue weighted by Gasteiger charge is 2.17. The summed E-state index contributed by atoms with van der Waals surface area (Å²) in [6.45, 7) is 0. The second kappa shape index (κ2) is 7.08. The highest BCUT2D eigenvalue weighted by atomic mass is 16.3. The molecule has 0 spiro atoms. The van der Waals surface area contributed by atoms with Crippen molar-refractivity contribution in [2.24, 2.45) is 0 Å². The Hall–Kier alpha value is -4.36. The zero-order valence-electron chi connectivity index (χ0n) is 30.9. The molecule has 0 aliphatic rings. The largest absolute Gasteiger partial charge is 0.456 e. The summed E-state index contributed by atoms with van der Waals surface area (Å²) in [5.74, 6) is 0. The first-order valence-corrected chi connectivity index (χ1v) is 10.1. The minimum absolute atomic E-state index is 0.125. The number of hydrogen-bond donors (Lipinski definition) is 0. The Morgan fingerprint density at radius 2 is 0.970 bits per heavy atom. The third kappa shape index (κ3) is 2.73. The van der Waals surface area contributed by atoms with E-state index in [0.29, 0.717) is 21.9 Å². The van der Waals surface area contributed by atoms with Gasteiger partial charge in [0.1, 0.15) is 11.2 Å². The summed E-state index contributed by atoms with van der Waals surface area (Å²) in [5.41, 5.74) is 0.0894. The summed E-state index contributed by atoms with van der Waals surface area (Å²) in [5, 5.41) is 0.805. The van der Waals surface area contributed by atoms with Gasteiger partial charge in [0.05, 0.1) is 19.2 Å². The maximum Gasteiger partial charge on any atom is 0.136 e. The van der Waals surface area contributed by atoms with Crippen LogP contribution in [0.4, 0.5) is 0 Å². The molecule has 0 bridgehead atoms. The molecule has 0 unspecified atom stereocenters. The highest BCUT2D eigenvalue weighted by Crippen LogP contribution is 2.44. The van der Waals surface area contributed by atoms with Crippen molar-refractivity contribution in [3.63, 3.8) is 0 Å². The van der Waals surface area contributed by atoms with E-state index >= 15 is 0 Å². The molecule has 1 aromatic heterocycles. The van der Waals surface area contributed by atoms with Crippen molar-refractivity contribution in [3.8, 4) is 22.3 Å². The molecule has 0 saturated heterocycles. The predicted octanol–water partition coefficient (Wildman–Crippen LogP) is 9.23. The molecule has 6 aromatic carbocycles. The summed E-state index contributed by atoms with van der Waals surface area (Å²) in [6.07, 6.45) is 0. The van der Waals surface area contributed by atoms with Gasteiger partial charge in [0, 0.05) is 10.8 Å². The average Bonchev–Trinajstić information content (AvgIpc) is 3.43. The molecule has 33 heavy (non-hydrogen) atoms. The normalized spacial score (nSPS) is 17.6. The van der Waals surface area contributed by atoms with Gasteiger partial charge in [-0.15, -0.1) is 0 Å². The molecular formula is C32H20O. The van der Waals surface area contributed by atoms with Crippen LogP contribution < -0.4 is 0 Å². The van der Waals surface area contributed by atoms with Gasteiger partial charge in [-0.2, -0.15) is 0 Å². The summed E-state index contributed by atoms with van der Waals surface area (Å²) in [4.78, 5) is 0. The van der Waals surface area contributed by atoms with Crippen LogP contribution in [0.3, 0.4) is 0 Å². The van der Waals surface area contributed by atoms with Crippen molar-refractivity contribution in [3.05, 3.63) is 121 Å². The second-order valence-electron chi connectivity index (χ2n) is 7.48. The number of para-hydroxylation sites is 1. The fraction of sp³-hybridized carbons (Fsp3) is 0. The zero-order chi connectivity index (χ0) is 34.0. The number of furan rings is 1. The molecule has 7 aromatic rings. The Labute approximate surface area is 211 Å². The highest BCUT2D eigenvalue weighted by molar-refractivity contribution is 6.22. The number of rotatable bonds is 2. The van der Waals surface area contributed by atoms with Gasteiger partial charge in [0.2, 0.25) is 0 Å². The maximum absolute atomic E-state index is 9.28. The monoisotopic (exact) mass is 434 g/mol. The van der Waals surface area contributed by atoms with Crippen LogP contribution in [-0.2, 0) is 0 Å². The molecule has 0 amide bonds. The van der Waals surface area contributed by atoms with Gasteiger partial charge in [0.15, 0.2) is 0 Å². The number of benzene rings is 6. The molecule has 0 aliphatic heterocycles. The van der Waals surface area contributed by atoms with Gasteiger partial charge in [0.25, 0.3) is 0 Å². The van der Waals surface area contributed by atoms with E-state index < -0.39 is 42.3 Å². The van der Waals surface area contributed by atoms with Crippen LogP contribution in [0.25, 0.3) is 65.7 Å². The van der Waals surface area contributed by atoms with Crippen molar-refractivity contribution in [1.29, 1.82) is 0 Å². The summed E-state index contributed by atoms with van der Waals surface area (Å²) < 4.78 is 125. The molecule has 0 saturated carbocycles. The van der Waals surface area contributed by atoms with Crippen molar-refractivity contribution in [2.45, 2.75) is 0 Å². The molecule has 0 radical (unpaired) electrons. The Balaban J connectivity index is 1.74. The van der Waals surface area contributed by atoms with Gasteiger partial charge in [-0.1, -0.05) is 103 Å². The lowest BCUT2D eigenvalue weighted by Crippen LogP contribution is -1.90. The lowest BCUT2D eigenvalue weighted by Gasteiger charge is -2.17. The molecular weight excluding hydrogens is 400 g/mol. The molecule has 7 rings (SSSR count). The van der Waals surface area contributed by atoms with Crippen LogP contribution in [-0.4, -0.2) is 0 Å². The van der Waals surface area contributed by atoms with Crippen LogP contribution >= 0.6 is 0 Å². The van der Waals surface area contributed by atoms with E-state index in [0.717, 1.165) is 0 Å². The van der Waals surface area contributed by atoms with Crippen molar-refractivity contribution < 1.29 is 23.6 Å². The predicted molar refractivity (Wildman–Crippen MR) is 140 cm³/mol. The van der Waals surface area contributed by atoms with E-state index in [1.54, 1.807) is 0 Å². The van der Waals surface area contributed by atoms with Gasteiger partial charge >= 0.3 is 0 Å². The first-order chi connectivity index (χ1) is 22.1. The fourth-order valence-electron chi connectivity index (χ4n) is 4.34. The van der Waals surface area contributed by atoms with E-state index in [-0.39, 0.29) is 86.1 Å². The van der Waals surface area contributed by atoms with E-state index in [1.807, 2.05) is 0 Å². The fourth-order valence-corrected chi connectivity index (χ4v) is 4.34. The van der Waals surface area contributed by atoms with Gasteiger partial charge < -0.3 is 4.42 Å². The first-order valence-electron chi connectivity index (χ1n) is 17.1. The lowest BCUT2D eigenvalue weighted by molar-refractivity contribution is 0.669. The molecule has 0 fully saturated rings. The maximum atomic E-state index is 9.28. The number of hydrogen-bond acceptors (Lipinski definition) is 1. The lowest BCUT2D eigenvalue weighted by atomic mass is 9.86. The zero-order valence-corrected chi connectivity index (χ0v) is 16.9. The second-order valence-corrected chi connectivity index (χ2v) is 7.48. The third-order valence-electron chi connectivity index (χ3n) is 5.71. The summed E-state index contributed by atoms with van der Waals surface area (Å²) in [6, 6.07) is 3.13. The quantitative estimate of drug-likeness (QED) is 0.247. The molecule has 1 heterocycles. The Morgan fingerprint density at radius 1 is 0.424 bits per heavy atom. The van der Waals surface area contributed by atoms with E-state index in [2.05, 4.69) is 0 Å². The van der Waals surface area contributed by atoms with Crippen molar-refractivity contribution in [2.75, 3.05) is 0 Å². The molecule has 1 heteroatoms. The standard InChI is InChI=1S/C32H20O/c1-2-10-21(11-3-1)31-25-13-4-6-15-27(25)32(28-16-7-5-14-26(28)31)22-18-19-24-23-12-8-9-17-29(23)33-30(24)20-22/h1-20H/i1D,2D,3D,4D,5D,6D,7D,8D,9D,12D,17D,18D,19D,20D. The molecule has 0 aliphatic carbocycles. The van der Waals surface area contributed by atoms with Gasteiger partial charge in [-0.05, 0) is 61.9 Å². The van der Waals surface area contributed by atoms with Crippen LogP contribution in [0, 0.1) is 0 Å². The number of fused-ring (bicyclic) bond motifs is 5. The molecule has 1 nitrogen and oxygen atoms in total. The van der Waals surface area contributed by atoms with Crippen LogP contribution in [0.2, 0.25) is 0 Å². The minimum atomic E-state index is -0.563. The Kier molecular flexibility index (Phi) is 1.98. The van der Waals surface area contributed by atoms with Gasteiger partial charge in [-0.3, -0.25) is 0 Å². The Bertz CT molecular complexity index is 2480. The molecule has 0 N–H and O–H groups in total.